The van der Waals surface area contributed by atoms with Gasteiger partial charge in [-0.3, -0.25) is 14.4 Å². The summed E-state index contributed by atoms with van der Waals surface area (Å²) in [6.07, 6.45) is -1.02. The van der Waals surface area contributed by atoms with Crippen molar-refractivity contribution in [3.8, 4) is 11.5 Å². The summed E-state index contributed by atoms with van der Waals surface area (Å²) in [7, 11) is 0. The molecule has 2 aliphatic rings. The highest BCUT2D eigenvalue weighted by molar-refractivity contribution is 6.30. The minimum absolute atomic E-state index is 0.0271. The number of rotatable bonds is 1. The van der Waals surface area contributed by atoms with Crippen molar-refractivity contribution in [2.75, 3.05) is 0 Å². The van der Waals surface area contributed by atoms with Crippen molar-refractivity contribution in [3.63, 3.8) is 0 Å². The van der Waals surface area contributed by atoms with Crippen LogP contribution in [0.1, 0.15) is 62.4 Å². The van der Waals surface area contributed by atoms with Gasteiger partial charge in [-0.15, -0.1) is 0 Å². The van der Waals surface area contributed by atoms with E-state index in [0.717, 1.165) is 0 Å². The van der Waals surface area contributed by atoms with Gasteiger partial charge in [0.2, 0.25) is 0 Å². The molecule has 0 saturated carbocycles. The molecule has 0 aliphatic heterocycles. The van der Waals surface area contributed by atoms with Crippen LogP contribution in [-0.2, 0) is 11.2 Å². The quantitative estimate of drug-likeness (QED) is 0.578. The van der Waals surface area contributed by atoms with Crippen LogP contribution in [0.5, 0.6) is 11.5 Å². The van der Waals surface area contributed by atoms with Crippen LogP contribution < -0.4 is 0 Å². The van der Waals surface area contributed by atoms with Crippen molar-refractivity contribution in [1.82, 2.24) is 0 Å². The third-order valence-corrected chi connectivity index (χ3v) is 5.33. The Hall–Kier alpha value is -2.99. The average molecular weight is 352 g/mol. The smallest absolute Gasteiger partial charge is 0.198 e. The zero-order chi connectivity index (χ0) is 18.7. The summed E-state index contributed by atoms with van der Waals surface area (Å²) in [6, 6.07) is 6.19. The predicted molar refractivity (Wildman–Crippen MR) is 90.5 cm³/mol. The maximum Gasteiger partial charge on any atom is 0.198 e. The van der Waals surface area contributed by atoms with Gasteiger partial charge in [0.25, 0.3) is 0 Å². The van der Waals surface area contributed by atoms with Gasteiger partial charge in [-0.2, -0.15) is 0 Å². The second kappa shape index (κ2) is 5.51. The Morgan fingerprint density at radius 3 is 2.08 bits per heavy atom. The van der Waals surface area contributed by atoms with Crippen LogP contribution in [-0.4, -0.2) is 32.7 Å². The summed E-state index contributed by atoms with van der Waals surface area (Å²) in [5.74, 6) is -2.75. The normalized spacial score (nSPS) is 21.0. The number of aliphatic hydroxyl groups is 1. The largest absolute Gasteiger partial charge is 0.507 e. The van der Waals surface area contributed by atoms with Gasteiger partial charge in [-0.1, -0.05) is 24.3 Å². The predicted octanol–water partition coefficient (Wildman–Crippen LogP) is 2.06. The topological polar surface area (TPSA) is 112 Å². The van der Waals surface area contributed by atoms with E-state index in [2.05, 4.69) is 0 Å². The summed E-state index contributed by atoms with van der Waals surface area (Å²) in [5, 5.41) is 31.8. The maximum atomic E-state index is 12.9. The molecular weight excluding hydrogens is 336 g/mol. The number of phenols is 2. The van der Waals surface area contributed by atoms with Gasteiger partial charge in [-0.05, 0) is 19.8 Å². The van der Waals surface area contributed by atoms with Crippen molar-refractivity contribution >= 4 is 17.3 Å². The molecule has 0 fully saturated rings. The molecule has 6 nitrogen and oxygen atoms in total. The molecule has 26 heavy (non-hydrogen) atoms. The van der Waals surface area contributed by atoms with E-state index < -0.39 is 35.1 Å². The van der Waals surface area contributed by atoms with E-state index in [9.17, 15) is 29.7 Å². The van der Waals surface area contributed by atoms with Gasteiger partial charge in [0.15, 0.2) is 11.6 Å². The van der Waals surface area contributed by atoms with Crippen molar-refractivity contribution in [1.29, 1.82) is 0 Å². The Morgan fingerprint density at radius 2 is 1.54 bits per heavy atom. The molecule has 2 unspecified atom stereocenters. The number of aromatic hydroxyl groups is 2. The highest BCUT2D eigenvalue weighted by Gasteiger charge is 2.41. The average Bonchev–Trinajstić information content (AvgIpc) is 2.62. The van der Waals surface area contributed by atoms with Gasteiger partial charge in [-0.25, -0.2) is 0 Å². The monoisotopic (exact) mass is 352 g/mol. The highest BCUT2D eigenvalue weighted by atomic mass is 16.3. The van der Waals surface area contributed by atoms with E-state index in [1.807, 2.05) is 0 Å². The van der Waals surface area contributed by atoms with Crippen LogP contribution in [0.25, 0.3) is 0 Å². The van der Waals surface area contributed by atoms with E-state index in [1.165, 1.54) is 19.1 Å². The van der Waals surface area contributed by atoms with Crippen LogP contribution in [0.4, 0.5) is 0 Å². The molecule has 0 saturated heterocycles. The molecule has 0 heterocycles. The minimum atomic E-state index is -1.20. The van der Waals surface area contributed by atoms with Crippen LogP contribution in [0.3, 0.4) is 0 Å². The first-order chi connectivity index (χ1) is 12.3. The molecule has 0 aromatic heterocycles. The lowest BCUT2D eigenvalue weighted by Gasteiger charge is -2.31. The second-order valence-electron chi connectivity index (χ2n) is 6.81. The molecule has 3 N–H and O–H groups in total. The Morgan fingerprint density at radius 1 is 1.00 bits per heavy atom. The number of phenolic OH excluding ortho intramolecular Hbond substituents is 2. The fraction of sp³-hybridized carbons (Fsp3) is 0.250. The molecule has 0 radical (unpaired) electrons. The van der Waals surface area contributed by atoms with Crippen LogP contribution in [0, 0.1) is 5.92 Å². The molecule has 0 bridgehead atoms. The fourth-order valence-electron chi connectivity index (χ4n) is 3.98. The highest BCUT2D eigenvalue weighted by Crippen LogP contribution is 2.49. The Bertz CT molecular complexity index is 1000. The lowest BCUT2D eigenvalue weighted by molar-refractivity contribution is -0.122. The van der Waals surface area contributed by atoms with Crippen molar-refractivity contribution in [2.45, 2.75) is 25.9 Å². The minimum Gasteiger partial charge on any atom is -0.507 e. The molecule has 6 heteroatoms. The molecule has 2 aromatic rings. The van der Waals surface area contributed by atoms with Gasteiger partial charge < -0.3 is 15.3 Å². The molecule has 2 atom stereocenters. The second-order valence-corrected chi connectivity index (χ2v) is 6.81. The van der Waals surface area contributed by atoms with Crippen LogP contribution >= 0.6 is 0 Å². The van der Waals surface area contributed by atoms with Gasteiger partial charge in [0.05, 0.1) is 17.2 Å². The molecule has 4 rings (SSSR count). The first kappa shape index (κ1) is 16.5. The van der Waals surface area contributed by atoms with Crippen molar-refractivity contribution in [2.24, 2.45) is 5.92 Å². The fourth-order valence-corrected chi connectivity index (χ4v) is 3.98. The number of Topliss-reactive ketones (excluding diaryl/α,β-unsaturated/α-hetero) is 1. The van der Waals surface area contributed by atoms with Gasteiger partial charge in [0, 0.05) is 28.2 Å². The number of hydrogen-bond donors (Lipinski definition) is 3. The Labute approximate surface area is 148 Å². The van der Waals surface area contributed by atoms with Crippen molar-refractivity contribution < 1.29 is 29.7 Å². The number of benzene rings is 2. The standard InChI is InChI=1S/C20H16O6/c1-8(21)9-6-12-14(13(22)7-9)20(26)16-15(19(12)25)17(23)10-4-2-3-5-11(10)18(16)24/h2-5,9,13,22,25-26H,6-7H2,1H3. The number of carbonyl (C=O) groups is 3. The lowest BCUT2D eigenvalue weighted by atomic mass is 9.74. The number of aliphatic hydroxyl groups excluding tert-OH is 1. The first-order valence-corrected chi connectivity index (χ1v) is 8.30. The summed E-state index contributed by atoms with van der Waals surface area (Å²) < 4.78 is 0. The Kier molecular flexibility index (Phi) is 3.49. The molecule has 2 aromatic carbocycles. The summed E-state index contributed by atoms with van der Waals surface area (Å²) >= 11 is 0. The lowest BCUT2D eigenvalue weighted by Crippen LogP contribution is -2.27. The number of ketones is 3. The number of carbonyl (C=O) groups excluding carboxylic acids is 3. The van der Waals surface area contributed by atoms with E-state index >= 15 is 0 Å². The van der Waals surface area contributed by atoms with E-state index in [0.29, 0.717) is 0 Å². The van der Waals surface area contributed by atoms with Gasteiger partial charge in [0.1, 0.15) is 17.3 Å². The summed E-state index contributed by atoms with van der Waals surface area (Å²) in [4.78, 5) is 37.4. The van der Waals surface area contributed by atoms with E-state index in [4.69, 9.17) is 0 Å². The zero-order valence-electron chi connectivity index (χ0n) is 13.9. The molecular formula is C20H16O6. The number of fused-ring (bicyclic) bond motifs is 3. The third kappa shape index (κ3) is 2.05. The molecule has 0 spiro atoms. The van der Waals surface area contributed by atoms with E-state index in [-0.39, 0.29) is 52.0 Å². The third-order valence-electron chi connectivity index (χ3n) is 5.33. The van der Waals surface area contributed by atoms with Crippen LogP contribution in [0.15, 0.2) is 24.3 Å². The first-order valence-electron chi connectivity index (χ1n) is 8.30. The van der Waals surface area contributed by atoms with Crippen molar-refractivity contribution in [3.05, 3.63) is 57.6 Å². The molecule has 0 amide bonds. The van der Waals surface area contributed by atoms with Gasteiger partial charge >= 0.3 is 0 Å². The summed E-state index contributed by atoms with van der Waals surface area (Å²) in [6.45, 7) is 1.39. The van der Waals surface area contributed by atoms with E-state index in [1.54, 1.807) is 12.1 Å². The molecule has 2 aliphatic carbocycles. The SMILES string of the molecule is CC(=O)C1Cc2c(O)c3c(c(O)c2C(O)C1)C(=O)c1ccccc1C3=O. The zero-order valence-corrected chi connectivity index (χ0v) is 13.9. The maximum absolute atomic E-state index is 12.9. The number of hydrogen-bond acceptors (Lipinski definition) is 6. The van der Waals surface area contributed by atoms with Crippen LogP contribution in [0.2, 0.25) is 0 Å². The molecule has 132 valence electrons. The summed E-state index contributed by atoms with van der Waals surface area (Å²) in [5.41, 5.74) is -0.0719. The Balaban J connectivity index is 2.02.